The maximum Gasteiger partial charge on any atom is 0.108 e. The van der Waals surface area contributed by atoms with Crippen LogP contribution in [0, 0.1) is 5.41 Å². The van der Waals surface area contributed by atoms with E-state index in [9.17, 15) is 0 Å². The van der Waals surface area contributed by atoms with Gasteiger partial charge in [0.05, 0.1) is 18.8 Å². The fourth-order valence-electron chi connectivity index (χ4n) is 1.80. The van der Waals surface area contributed by atoms with E-state index in [2.05, 4.69) is 18.7 Å². The molecule has 0 aromatic rings. The minimum atomic E-state index is 0.103. The lowest BCUT2D eigenvalue weighted by Gasteiger charge is -2.36. The molecule has 3 N–H and O–H groups in total. The Morgan fingerprint density at radius 1 is 1.77 bits per heavy atom. The van der Waals surface area contributed by atoms with Crippen LogP contribution in [0.25, 0.3) is 0 Å². The van der Waals surface area contributed by atoms with Gasteiger partial charge < -0.3 is 10.5 Å². The molecule has 0 amide bonds. The van der Waals surface area contributed by atoms with Gasteiger partial charge in [-0.25, -0.2) is 0 Å². The third-order valence-electron chi connectivity index (χ3n) is 2.46. The summed E-state index contributed by atoms with van der Waals surface area (Å²) >= 11 is 0. The number of amidine groups is 1. The minimum Gasteiger partial charge on any atom is -0.386 e. The van der Waals surface area contributed by atoms with E-state index in [-0.39, 0.29) is 18.0 Å². The number of hydrogen-bond donors (Lipinski definition) is 2. The summed E-state index contributed by atoms with van der Waals surface area (Å²) < 4.78 is 5.43. The first-order valence-corrected chi connectivity index (χ1v) is 4.84. The smallest absolute Gasteiger partial charge is 0.108 e. The van der Waals surface area contributed by atoms with Gasteiger partial charge in [-0.2, -0.15) is 0 Å². The van der Waals surface area contributed by atoms with Crippen molar-refractivity contribution in [1.82, 2.24) is 4.90 Å². The van der Waals surface area contributed by atoms with Crippen molar-refractivity contribution in [3.05, 3.63) is 0 Å². The van der Waals surface area contributed by atoms with Gasteiger partial charge in [0, 0.05) is 13.1 Å². The molecule has 1 heterocycles. The molecule has 2 unspecified atom stereocenters. The largest absolute Gasteiger partial charge is 0.386 e. The highest BCUT2D eigenvalue weighted by Crippen LogP contribution is 2.10. The number of nitrogens with two attached hydrogens (primary N) is 1. The average molecular weight is 185 g/mol. The van der Waals surface area contributed by atoms with Crippen molar-refractivity contribution in [1.29, 1.82) is 5.41 Å². The Bertz CT molecular complexity index is 184. The molecule has 0 aromatic carbocycles. The van der Waals surface area contributed by atoms with Crippen molar-refractivity contribution < 1.29 is 4.74 Å². The molecule has 0 saturated carbocycles. The van der Waals surface area contributed by atoms with Gasteiger partial charge in [0.25, 0.3) is 0 Å². The first-order chi connectivity index (χ1) is 6.15. The molecule has 1 aliphatic heterocycles. The van der Waals surface area contributed by atoms with Crippen LogP contribution in [0.1, 0.15) is 20.3 Å². The molecule has 0 aliphatic carbocycles. The zero-order valence-electron chi connectivity index (χ0n) is 8.42. The lowest BCUT2D eigenvalue weighted by atomic mass is 10.1. The Balaban J connectivity index is 2.52. The summed E-state index contributed by atoms with van der Waals surface area (Å²) in [6.07, 6.45) is 1.17. The van der Waals surface area contributed by atoms with Crippen LogP contribution in [0.5, 0.6) is 0 Å². The van der Waals surface area contributed by atoms with Crippen molar-refractivity contribution in [3.63, 3.8) is 0 Å². The van der Waals surface area contributed by atoms with Crippen molar-refractivity contribution in [3.8, 4) is 0 Å². The molecule has 0 bridgehead atoms. The highest BCUT2D eigenvalue weighted by Gasteiger charge is 2.24. The summed E-state index contributed by atoms with van der Waals surface area (Å²) in [5.74, 6) is 0.275. The van der Waals surface area contributed by atoms with Crippen LogP contribution in [0.2, 0.25) is 0 Å². The molecular weight excluding hydrogens is 166 g/mol. The van der Waals surface area contributed by atoms with Crippen LogP contribution in [0.15, 0.2) is 0 Å². The number of morpholine rings is 1. The lowest BCUT2D eigenvalue weighted by Crippen LogP contribution is -2.51. The van der Waals surface area contributed by atoms with Crippen molar-refractivity contribution in [2.75, 3.05) is 19.7 Å². The molecule has 1 saturated heterocycles. The first kappa shape index (κ1) is 10.5. The van der Waals surface area contributed by atoms with E-state index in [0.29, 0.717) is 0 Å². The SMILES string of the molecule is CCC(C(=N)N)N1CCOC(C)C1. The molecule has 1 aliphatic rings. The van der Waals surface area contributed by atoms with E-state index < -0.39 is 0 Å². The summed E-state index contributed by atoms with van der Waals surface area (Å²) in [5, 5.41) is 7.45. The maximum atomic E-state index is 7.45. The molecule has 76 valence electrons. The van der Waals surface area contributed by atoms with Crippen LogP contribution in [-0.4, -0.2) is 42.6 Å². The fraction of sp³-hybridized carbons (Fsp3) is 0.889. The minimum absolute atomic E-state index is 0.103. The molecule has 1 rings (SSSR count). The van der Waals surface area contributed by atoms with Gasteiger partial charge in [-0.15, -0.1) is 0 Å². The Hall–Kier alpha value is -0.610. The molecule has 2 atom stereocenters. The van der Waals surface area contributed by atoms with Crippen molar-refractivity contribution in [2.24, 2.45) is 5.73 Å². The summed E-state index contributed by atoms with van der Waals surface area (Å²) in [7, 11) is 0. The summed E-state index contributed by atoms with van der Waals surface area (Å²) in [6, 6.07) is 0.103. The Morgan fingerprint density at radius 3 is 2.92 bits per heavy atom. The van der Waals surface area contributed by atoms with Crippen LogP contribution in [-0.2, 0) is 4.74 Å². The van der Waals surface area contributed by atoms with E-state index in [1.165, 1.54) is 0 Å². The average Bonchev–Trinajstić information content (AvgIpc) is 2.04. The quantitative estimate of drug-likeness (QED) is 0.495. The zero-order chi connectivity index (χ0) is 9.84. The molecule has 13 heavy (non-hydrogen) atoms. The number of ether oxygens (including phenoxy) is 1. The predicted octanol–water partition coefficient (Wildman–Crippen LogP) is 0.422. The van der Waals surface area contributed by atoms with Gasteiger partial charge in [0.15, 0.2) is 0 Å². The van der Waals surface area contributed by atoms with Crippen LogP contribution < -0.4 is 5.73 Å². The summed E-state index contributed by atoms with van der Waals surface area (Å²) in [6.45, 7) is 6.65. The fourth-order valence-corrected chi connectivity index (χ4v) is 1.80. The van der Waals surface area contributed by atoms with Crippen molar-refractivity contribution in [2.45, 2.75) is 32.4 Å². The summed E-state index contributed by atoms with van der Waals surface area (Å²) in [5.41, 5.74) is 5.52. The van der Waals surface area contributed by atoms with Gasteiger partial charge in [-0.3, -0.25) is 10.3 Å². The maximum absolute atomic E-state index is 7.45. The number of hydrogen-bond acceptors (Lipinski definition) is 3. The predicted molar refractivity (Wildman–Crippen MR) is 53.0 cm³/mol. The second-order valence-corrected chi connectivity index (χ2v) is 3.56. The Labute approximate surface area is 79.6 Å². The standard InChI is InChI=1S/C9H19N3O/c1-3-8(9(10)11)12-4-5-13-7(2)6-12/h7-8H,3-6H2,1-2H3,(H3,10,11). The third kappa shape index (κ3) is 2.67. The molecule has 0 aromatic heterocycles. The first-order valence-electron chi connectivity index (χ1n) is 4.84. The van der Waals surface area contributed by atoms with Gasteiger partial charge >= 0.3 is 0 Å². The van der Waals surface area contributed by atoms with E-state index in [0.717, 1.165) is 26.1 Å². The highest BCUT2D eigenvalue weighted by atomic mass is 16.5. The number of nitrogens with zero attached hydrogens (tertiary/aromatic N) is 1. The third-order valence-corrected chi connectivity index (χ3v) is 2.46. The molecular formula is C9H19N3O. The van der Waals surface area contributed by atoms with E-state index >= 15 is 0 Å². The van der Waals surface area contributed by atoms with Crippen LogP contribution in [0.4, 0.5) is 0 Å². The molecule has 1 fully saturated rings. The lowest BCUT2D eigenvalue weighted by molar-refractivity contribution is -0.0255. The Kier molecular flexibility index (Phi) is 3.69. The van der Waals surface area contributed by atoms with Gasteiger partial charge in [0.2, 0.25) is 0 Å². The topological polar surface area (TPSA) is 62.3 Å². The van der Waals surface area contributed by atoms with Gasteiger partial charge in [-0.05, 0) is 13.3 Å². The highest BCUT2D eigenvalue weighted by molar-refractivity contribution is 5.82. The van der Waals surface area contributed by atoms with E-state index in [1.54, 1.807) is 0 Å². The molecule has 0 radical (unpaired) electrons. The van der Waals surface area contributed by atoms with E-state index in [4.69, 9.17) is 15.9 Å². The zero-order valence-corrected chi connectivity index (χ0v) is 8.42. The molecule has 0 spiro atoms. The van der Waals surface area contributed by atoms with Crippen LogP contribution in [0.3, 0.4) is 0 Å². The van der Waals surface area contributed by atoms with Crippen LogP contribution >= 0.6 is 0 Å². The monoisotopic (exact) mass is 185 g/mol. The summed E-state index contributed by atoms with van der Waals surface area (Å²) in [4.78, 5) is 2.23. The van der Waals surface area contributed by atoms with Gasteiger partial charge in [-0.1, -0.05) is 6.92 Å². The second kappa shape index (κ2) is 4.58. The number of nitrogens with one attached hydrogen (secondary N) is 1. The van der Waals surface area contributed by atoms with E-state index in [1.807, 2.05) is 0 Å². The van der Waals surface area contributed by atoms with Crippen molar-refractivity contribution >= 4 is 5.84 Å². The normalized spacial score (nSPS) is 27.1. The Morgan fingerprint density at radius 2 is 2.46 bits per heavy atom. The molecule has 4 heteroatoms. The second-order valence-electron chi connectivity index (χ2n) is 3.56. The number of rotatable bonds is 3. The molecule has 4 nitrogen and oxygen atoms in total. The van der Waals surface area contributed by atoms with Gasteiger partial charge in [0.1, 0.15) is 5.84 Å².